The van der Waals surface area contributed by atoms with Crippen molar-refractivity contribution in [2.75, 3.05) is 19.0 Å². The SMILES string of the molecule is CN(N)C(=N)/C(=N\OCc1cccc(NC(=O)CCCOC(C)(C)C)n1)c1ccccc1. The molecule has 2 rings (SSSR count). The van der Waals surface area contributed by atoms with Crippen LogP contribution in [0.4, 0.5) is 5.82 Å². The fraction of sp³-hybridized carbons (Fsp3) is 0.391. The maximum Gasteiger partial charge on any atom is 0.225 e. The smallest absolute Gasteiger partial charge is 0.225 e. The molecule has 0 aliphatic rings. The minimum atomic E-state index is -0.215. The Morgan fingerprint density at radius 2 is 1.91 bits per heavy atom. The van der Waals surface area contributed by atoms with Gasteiger partial charge in [-0.2, -0.15) is 0 Å². The summed E-state index contributed by atoms with van der Waals surface area (Å²) < 4.78 is 5.63. The number of rotatable bonds is 10. The van der Waals surface area contributed by atoms with Crippen molar-refractivity contribution in [1.82, 2.24) is 9.99 Å². The number of carbonyl (C=O) groups is 1. The summed E-state index contributed by atoms with van der Waals surface area (Å²) in [5.74, 6) is 6.03. The lowest BCUT2D eigenvalue weighted by Crippen LogP contribution is -2.38. The molecule has 0 unspecified atom stereocenters. The van der Waals surface area contributed by atoms with Gasteiger partial charge in [-0.15, -0.1) is 0 Å². The van der Waals surface area contributed by atoms with Crippen molar-refractivity contribution in [3.8, 4) is 0 Å². The second-order valence-corrected chi connectivity index (χ2v) is 8.17. The zero-order valence-corrected chi connectivity index (χ0v) is 19.1. The van der Waals surface area contributed by atoms with E-state index in [4.69, 9.17) is 20.8 Å². The molecule has 9 heteroatoms. The number of anilines is 1. The Morgan fingerprint density at radius 3 is 2.56 bits per heavy atom. The van der Waals surface area contributed by atoms with E-state index in [1.165, 1.54) is 0 Å². The van der Waals surface area contributed by atoms with E-state index in [9.17, 15) is 4.79 Å². The van der Waals surface area contributed by atoms with Gasteiger partial charge in [0, 0.05) is 25.6 Å². The first-order valence-electron chi connectivity index (χ1n) is 10.4. The number of nitrogens with two attached hydrogens (primary N) is 1. The lowest BCUT2D eigenvalue weighted by Gasteiger charge is -2.19. The Morgan fingerprint density at radius 1 is 1.19 bits per heavy atom. The number of likely N-dealkylation sites (N-methyl/N-ethyl adjacent to an activating group) is 1. The topological polar surface area (TPSA) is 126 Å². The van der Waals surface area contributed by atoms with E-state index in [1.54, 1.807) is 25.2 Å². The minimum Gasteiger partial charge on any atom is -0.389 e. The number of nitrogens with zero attached hydrogens (tertiary/aromatic N) is 3. The molecule has 4 N–H and O–H groups in total. The maximum atomic E-state index is 12.1. The van der Waals surface area contributed by atoms with Gasteiger partial charge in [0.1, 0.15) is 5.82 Å². The van der Waals surface area contributed by atoms with Crippen LogP contribution in [0.25, 0.3) is 0 Å². The molecule has 0 aliphatic carbocycles. The summed E-state index contributed by atoms with van der Waals surface area (Å²) in [5.41, 5.74) is 1.38. The highest BCUT2D eigenvalue weighted by molar-refractivity contribution is 6.46. The van der Waals surface area contributed by atoms with Crippen LogP contribution in [-0.4, -0.2) is 46.7 Å². The minimum absolute atomic E-state index is 0.0145. The molecule has 9 nitrogen and oxygen atoms in total. The van der Waals surface area contributed by atoms with Gasteiger partial charge in [0.2, 0.25) is 5.91 Å². The van der Waals surface area contributed by atoms with Crippen LogP contribution in [0.5, 0.6) is 0 Å². The largest absolute Gasteiger partial charge is 0.389 e. The molecule has 0 atom stereocenters. The van der Waals surface area contributed by atoms with Crippen molar-refractivity contribution >= 4 is 23.3 Å². The van der Waals surface area contributed by atoms with Crippen molar-refractivity contribution in [1.29, 1.82) is 5.41 Å². The standard InChI is InChI=1S/C23H32N6O3/c1-23(2,3)31-15-9-14-20(30)27-19-13-8-12-18(26-19)16-32-28-21(22(24)29(4)25)17-10-6-5-7-11-17/h5-8,10-13,24H,9,14-16,25H2,1-4H3,(H,26,27,30)/b24-22?,28-21-. The number of hydrogen-bond acceptors (Lipinski definition) is 7. The molecular weight excluding hydrogens is 408 g/mol. The van der Waals surface area contributed by atoms with E-state index < -0.39 is 0 Å². The van der Waals surface area contributed by atoms with E-state index in [-0.39, 0.29) is 24.0 Å². The summed E-state index contributed by atoms with van der Waals surface area (Å²) in [6.45, 7) is 6.53. The number of carbonyl (C=O) groups excluding carboxylic acids is 1. The number of nitrogens with one attached hydrogen (secondary N) is 2. The molecule has 0 aliphatic heterocycles. The first kappa shape index (κ1) is 25.0. The maximum absolute atomic E-state index is 12.1. The van der Waals surface area contributed by atoms with Gasteiger partial charge in [0.25, 0.3) is 0 Å². The van der Waals surface area contributed by atoms with Crippen LogP contribution in [-0.2, 0) is 21.0 Å². The third-order valence-electron chi connectivity index (χ3n) is 4.15. The van der Waals surface area contributed by atoms with E-state index >= 15 is 0 Å². The Labute approximate surface area is 189 Å². The van der Waals surface area contributed by atoms with Gasteiger partial charge >= 0.3 is 0 Å². The molecule has 2 aromatic rings. The van der Waals surface area contributed by atoms with Crippen LogP contribution in [0, 0.1) is 5.41 Å². The van der Waals surface area contributed by atoms with Crippen LogP contribution in [0.2, 0.25) is 0 Å². The lowest BCUT2D eigenvalue weighted by atomic mass is 10.1. The number of oxime groups is 1. The number of benzene rings is 1. The summed E-state index contributed by atoms with van der Waals surface area (Å²) in [6, 6.07) is 14.5. The Hall–Kier alpha value is -3.30. The second-order valence-electron chi connectivity index (χ2n) is 8.17. The highest BCUT2D eigenvalue weighted by Crippen LogP contribution is 2.10. The fourth-order valence-electron chi connectivity index (χ4n) is 2.60. The van der Waals surface area contributed by atoms with Crippen LogP contribution in [0.3, 0.4) is 0 Å². The highest BCUT2D eigenvalue weighted by Gasteiger charge is 2.14. The molecular formula is C23H32N6O3. The predicted octanol–water partition coefficient (Wildman–Crippen LogP) is 3.32. The van der Waals surface area contributed by atoms with E-state index in [0.717, 1.165) is 5.01 Å². The molecule has 0 saturated carbocycles. The van der Waals surface area contributed by atoms with E-state index in [2.05, 4.69) is 15.5 Å². The normalized spacial score (nSPS) is 11.7. The van der Waals surface area contributed by atoms with Gasteiger partial charge in [-0.25, -0.2) is 10.8 Å². The molecule has 0 fully saturated rings. The van der Waals surface area contributed by atoms with Gasteiger partial charge in [0.05, 0.1) is 11.3 Å². The Kier molecular flexibility index (Phi) is 9.30. The molecule has 0 saturated heterocycles. The molecule has 32 heavy (non-hydrogen) atoms. The van der Waals surface area contributed by atoms with Gasteiger partial charge in [-0.1, -0.05) is 41.6 Å². The van der Waals surface area contributed by atoms with Crippen LogP contribution in [0.15, 0.2) is 53.7 Å². The first-order valence-corrected chi connectivity index (χ1v) is 10.4. The van der Waals surface area contributed by atoms with Crippen LogP contribution in [0.1, 0.15) is 44.9 Å². The third kappa shape index (κ3) is 8.83. The number of ether oxygens (including phenoxy) is 1. The van der Waals surface area contributed by atoms with Gasteiger partial charge in [-0.05, 0) is 39.3 Å². The molecule has 1 aromatic carbocycles. The molecule has 0 spiro atoms. The molecule has 1 amide bonds. The molecule has 1 aromatic heterocycles. The van der Waals surface area contributed by atoms with Crippen molar-refractivity contribution in [2.45, 2.75) is 45.8 Å². The van der Waals surface area contributed by atoms with Crippen LogP contribution >= 0.6 is 0 Å². The quantitative estimate of drug-likeness (QED) is 0.171. The monoisotopic (exact) mass is 440 g/mol. The molecule has 172 valence electrons. The summed E-state index contributed by atoms with van der Waals surface area (Å²) in [6.07, 6.45) is 0.975. The van der Waals surface area contributed by atoms with Crippen molar-refractivity contribution in [3.63, 3.8) is 0 Å². The zero-order valence-electron chi connectivity index (χ0n) is 19.1. The van der Waals surface area contributed by atoms with Crippen molar-refractivity contribution in [3.05, 3.63) is 59.8 Å². The number of aromatic nitrogens is 1. The van der Waals surface area contributed by atoms with Gasteiger partial charge < -0.3 is 14.9 Å². The summed E-state index contributed by atoms with van der Waals surface area (Å²) in [4.78, 5) is 22.0. The third-order valence-corrected chi connectivity index (χ3v) is 4.15. The fourth-order valence-corrected chi connectivity index (χ4v) is 2.60. The Bertz CT molecular complexity index is 923. The molecule has 1 heterocycles. The van der Waals surface area contributed by atoms with Crippen molar-refractivity contribution in [2.24, 2.45) is 11.0 Å². The van der Waals surface area contributed by atoms with Crippen molar-refractivity contribution < 1.29 is 14.4 Å². The predicted molar refractivity (Wildman–Crippen MR) is 125 cm³/mol. The van der Waals surface area contributed by atoms with Gasteiger partial charge in [0.15, 0.2) is 18.2 Å². The number of pyridine rings is 1. The van der Waals surface area contributed by atoms with Gasteiger partial charge in [-0.3, -0.25) is 15.2 Å². The van der Waals surface area contributed by atoms with E-state index in [1.807, 2.05) is 51.1 Å². The average Bonchev–Trinajstić information content (AvgIpc) is 2.74. The molecule has 0 radical (unpaired) electrons. The summed E-state index contributed by atoms with van der Waals surface area (Å²) in [7, 11) is 1.56. The second kappa shape index (κ2) is 11.9. The number of amides is 1. The average molecular weight is 441 g/mol. The summed E-state index contributed by atoms with van der Waals surface area (Å²) in [5, 5.41) is 16.2. The number of hydrogen-bond donors (Lipinski definition) is 3. The summed E-state index contributed by atoms with van der Waals surface area (Å²) >= 11 is 0. The number of amidine groups is 1. The lowest BCUT2D eigenvalue weighted by molar-refractivity contribution is -0.116. The Balaban J connectivity index is 1.94. The first-order chi connectivity index (χ1) is 15.2. The van der Waals surface area contributed by atoms with E-state index in [0.29, 0.717) is 42.2 Å². The number of hydrazine groups is 1. The van der Waals surface area contributed by atoms with Crippen LogP contribution < -0.4 is 11.2 Å². The zero-order chi connectivity index (χ0) is 23.6. The molecule has 0 bridgehead atoms. The highest BCUT2D eigenvalue weighted by atomic mass is 16.6.